The zero-order valence-corrected chi connectivity index (χ0v) is 12.5. The van der Waals surface area contributed by atoms with Crippen molar-refractivity contribution in [2.45, 2.75) is 51.3 Å². The molecule has 120 valence electrons. The summed E-state index contributed by atoms with van der Waals surface area (Å²) in [6.07, 6.45) is -3.69. The second-order valence-corrected chi connectivity index (χ2v) is 7.28. The van der Waals surface area contributed by atoms with Crippen molar-refractivity contribution in [1.29, 1.82) is 0 Å². The number of carbonyl (C=O) groups is 1. The first-order valence-corrected chi connectivity index (χ1v) is 7.66. The monoisotopic (exact) mass is 305 g/mol. The molecule has 6 heteroatoms. The highest BCUT2D eigenvalue weighted by Gasteiger charge is 2.62. The summed E-state index contributed by atoms with van der Waals surface area (Å²) in [4.78, 5) is 13.8. The number of hydrogen-bond donors (Lipinski definition) is 0. The molecule has 1 saturated heterocycles. The van der Waals surface area contributed by atoms with Crippen LogP contribution in [0.1, 0.15) is 39.5 Å². The highest BCUT2D eigenvalue weighted by molar-refractivity contribution is 5.77. The van der Waals surface area contributed by atoms with E-state index in [2.05, 4.69) is 13.8 Å². The number of carbonyl (C=O) groups excluding carboxylic acids is 1. The SMILES string of the molecule is CC1(C)[C@@H]2CN(C(=O)CCOC3(C(F)(F)F)CCC3)C[C@@H]21. The van der Waals surface area contributed by atoms with Crippen LogP contribution >= 0.6 is 0 Å². The molecule has 0 unspecified atom stereocenters. The predicted molar refractivity (Wildman–Crippen MR) is 70.5 cm³/mol. The van der Waals surface area contributed by atoms with Gasteiger partial charge in [-0.2, -0.15) is 13.2 Å². The van der Waals surface area contributed by atoms with Crippen LogP contribution < -0.4 is 0 Å². The molecule has 3 fully saturated rings. The first kappa shape index (κ1) is 15.1. The van der Waals surface area contributed by atoms with Crippen molar-refractivity contribution in [3.63, 3.8) is 0 Å². The topological polar surface area (TPSA) is 29.5 Å². The van der Waals surface area contributed by atoms with Crippen LogP contribution in [0.4, 0.5) is 13.2 Å². The Balaban J connectivity index is 1.43. The third kappa shape index (κ3) is 2.35. The van der Waals surface area contributed by atoms with Gasteiger partial charge in [0.25, 0.3) is 0 Å². The van der Waals surface area contributed by atoms with E-state index >= 15 is 0 Å². The van der Waals surface area contributed by atoms with Gasteiger partial charge in [-0.1, -0.05) is 13.8 Å². The van der Waals surface area contributed by atoms with Crippen molar-refractivity contribution in [3.05, 3.63) is 0 Å². The zero-order valence-electron chi connectivity index (χ0n) is 12.5. The number of ether oxygens (including phenoxy) is 1. The normalized spacial score (nSPS) is 32.5. The van der Waals surface area contributed by atoms with Gasteiger partial charge in [0.2, 0.25) is 5.91 Å². The minimum Gasteiger partial charge on any atom is -0.365 e. The molecule has 2 atom stereocenters. The highest BCUT2D eigenvalue weighted by atomic mass is 19.4. The highest BCUT2D eigenvalue weighted by Crippen LogP contribution is 2.62. The van der Waals surface area contributed by atoms with Crippen molar-refractivity contribution in [2.24, 2.45) is 17.3 Å². The van der Waals surface area contributed by atoms with Crippen LogP contribution in [0, 0.1) is 17.3 Å². The number of alkyl halides is 3. The predicted octanol–water partition coefficient (Wildman–Crippen LogP) is 2.99. The van der Waals surface area contributed by atoms with Crippen LogP contribution in [0.25, 0.3) is 0 Å². The van der Waals surface area contributed by atoms with Crippen LogP contribution in [0.15, 0.2) is 0 Å². The smallest absolute Gasteiger partial charge is 0.365 e. The summed E-state index contributed by atoms with van der Waals surface area (Å²) in [5, 5.41) is 0. The van der Waals surface area contributed by atoms with Gasteiger partial charge in [-0.05, 0) is 36.5 Å². The molecule has 0 radical (unpaired) electrons. The summed E-state index contributed by atoms with van der Waals surface area (Å²) in [5.41, 5.74) is -1.65. The maximum atomic E-state index is 12.9. The number of likely N-dealkylation sites (tertiary alicyclic amines) is 1. The van der Waals surface area contributed by atoms with Gasteiger partial charge in [0.05, 0.1) is 13.0 Å². The molecule has 21 heavy (non-hydrogen) atoms. The van der Waals surface area contributed by atoms with Gasteiger partial charge in [0.15, 0.2) is 5.60 Å². The van der Waals surface area contributed by atoms with Crippen LogP contribution in [0.5, 0.6) is 0 Å². The molecular formula is C15H22F3NO2. The van der Waals surface area contributed by atoms with Gasteiger partial charge in [-0.25, -0.2) is 0 Å². The average Bonchev–Trinajstić information content (AvgIpc) is 2.74. The lowest BCUT2D eigenvalue weighted by atomic mass is 9.79. The first-order valence-electron chi connectivity index (χ1n) is 7.66. The van der Waals surface area contributed by atoms with Crippen molar-refractivity contribution in [3.8, 4) is 0 Å². The first-order chi connectivity index (χ1) is 9.67. The number of piperidine rings is 1. The summed E-state index contributed by atoms with van der Waals surface area (Å²) >= 11 is 0. The quantitative estimate of drug-likeness (QED) is 0.799. The molecule has 3 nitrogen and oxygen atoms in total. The summed E-state index contributed by atoms with van der Waals surface area (Å²) < 4.78 is 43.8. The van der Waals surface area contributed by atoms with E-state index in [0.29, 0.717) is 23.7 Å². The van der Waals surface area contributed by atoms with Crippen LogP contribution in [-0.2, 0) is 9.53 Å². The Morgan fingerprint density at radius 3 is 2.24 bits per heavy atom. The minimum atomic E-state index is -4.33. The molecule has 0 N–H and O–H groups in total. The molecule has 0 aromatic carbocycles. The molecule has 1 amide bonds. The van der Waals surface area contributed by atoms with E-state index in [0.717, 1.165) is 13.1 Å². The van der Waals surface area contributed by atoms with Crippen molar-refractivity contribution in [1.82, 2.24) is 4.90 Å². The van der Waals surface area contributed by atoms with Crippen LogP contribution in [0.2, 0.25) is 0 Å². The number of halogens is 3. The number of hydrogen-bond acceptors (Lipinski definition) is 2. The van der Waals surface area contributed by atoms with Crippen molar-refractivity contribution >= 4 is 5.91 Å². The Morgan fingerprint density at radius 2 is 1.81 bits per heavy atom. The van der Waals surface area contributed by atoms with E-state index in [9.17, 15) is 18.0 Å². The minimum absolute atomic E-state index is 0.0206. The van der Waals surface area contributed by atoms with Crippen LogP contribution in [-0.4, -0.2) is 42.3 Å². The van der Waals surface area contributed by atoms with Gasteiger partial charge in [0, 0.05) is 13.1 Å². The number of amides is 1. The molecular weight excluding hydrogens is 283 g/mol. The summed E-state index contributed by atoms with van der Waals surface area (Å²) in [6.45, 7) is 5.78. The molecule has 2 aliphatic carbocycles. The zero-order chi connectivity index (χ0) is 15.5. The second kappa shape index (κ2) is 4.61. The Bertz CT molecular complexity index is 429. The fourth-order valence-corrected chi connectivity index (χ4v) is 3.83. The lowest BCUT2D eigenvalue weighted by Crippen LogP contribution is -2.53. The number of rotatable bonds is 4. The third-order valence-corrected chi connectivity index (χ3v) is 5.85. The van der Waals surface area contributed by atoms with E-state index < -0.39 is 11.8 Å². The van der Waals surface area contributed by atoms with E-state index in [1.165, 1.54) is 0 Å². The Morgan fingerprint density at radius 1 is 1.24 bits per heavy atom. The fourth-order valence-electron chi connectivity index (χ4n) is 3.83. The molecule has 0 bridgehead atoms. The van der Waals surface area contributed by atoms with Gasteiger partial charge >= 0.3 is 6.18 Å². The van der Waals surface area contributed by atoms with Crippen LogP contribution in [0.3, 0.4) is 0 Å². The standard InChI is InChI=1S/C15H22F3NO2/c1-13(2)10-8-19(9-11(10)13)12(20)4-7-21-14(5-3-6-14)15(16,17)18/h10-11H,3-9H2,1-2H3/t10-,11+. The van der Waals surface area contributed by atoms with Gasteiger partial charge in [-0.3, -0.25) is 4.79 Å². The molecule has 0 spiro atoms. The van der Waals surface area contributed by atoms with E-state index in [1.54, 1.807) is 4.90 Å². The molecule has 1 aliphatic heterocycles. The molecule has 0 aromatic heterocycles. The molecule has 1 heterocycles. The molecule has 2 saturated carbocycles. The van der Waals surface area contributed by atoms with E-state index in [4.69, 9.17) is 4.74 Å². The second-order valence-electron chi connectivity index (χ2n) is 7.28. The van der Waals surface area contributed by atoms with Gasteiger partial charge in [0.1, 0.15) is 0 Å². The van der Waals surface area contributed by atoms with Crippen molar-refractivity contribution in [2.75, 3.05) is 19.7 Å². The maximum absolute atomic E-state index is 12.9. The maximum Gasteiger partial charge on any atom is 0.417 e. The molecule has 3 rings (SSSR count). The van der Waals surface area contributed by atoms with Crippen molar-refractivity contribution < 1.29 is 22.7 Å². The summed E-state index contributed by atoms with van der Waals surface area (Å²) in [7, 11) is 0. The fraction of sp³-hybridized carbons (Fsp3) is 0.933. The molecule has 0 aromatic rings. The Kier molecular flexibility index (Phi) is 3.32. The largest absolute Gasteiger partial charge is 0.417 e. The molecule has 3 aliphatic rings. The third-order valence-electron chi connectivity index (χ3n) is 5.85. The van der Waals surface area contributed by atoms with E-state index in [1.807, 2.05) is 0 Å². The van der Waals surface area contributed by atoms with Gasteiger partial charge < -0.3 is 9.64 Å². The average molecular weight is 305 g/mol. The lowest BCUT2D eigenvalue weighted by molar-refractivity contribution is -0.304. The van der Waals surface area contributed by atoms with Gasteiger partial charge in [-0.15, -0.1) is 0 Å². The van der Waals surface area contributed by atoms with E-state index in [-0.39, 0.29) is 31.8 Å². The Labute approximate surface area is 122 Å². The summed E-state index contributed by atoms with van der Waals surface area (Å²) in [5.74, 6) is 1.06. The lowest BCUT2D eigenvalue weighted by Gasteiger charge is -2.42. The number of nitrogens with zero attached hydrogens (tertiary/aromatic N) is 1. The summed E-state index contributed by atoms with van der Waals surface area (Å²) in [6, 6.07) is 0. The number of fused-ring (bicyclic) bond motifs is 1. The Hall–Kier alpha value is -0.780.